The highest BCUT2D eigenvalue weighted by atomic mass is 32.2. The van der Waals surface area contributed by atoms with Crippen LogP contribution >= 0.6 is 0 Å². The molecule has 0 N–H and O–H groups in total. The van der Waals surface area contributed by atoms with E-state index in [0.29, 0.717) is 24.8 Å². The van der Waals surface area contributed by atoms with E-state index < -0.39 is 10.0 Å². The van der Waals surface area contributed by atoms with Gasteiger partial charge < -0.3 is 0 Å². The first-order valence-electron chi connectivity index (χ1n) is 6.41. The van der Waals surface area contributed by atoms with E-state index in [9.17, 15) is 8.42 Å². The van der Waals surface area contributed by atoms with Crippen molar-refractivity contribution in [1.29, 1.82) is 0 Å². The molecule has 0 amide bonds. The molecule has 0 heterocycles. The Balaban J connectivity index is 4.46. The summed E-state index contributed by atoms with van der Waals surface area (Å²) in [5, 5.41) is 0. The number of hydrogen-bond donors (Lipinski definition) is 0. The van der Waals surface area contributed by atoms with E-state index in [1.54, 1.807) is 4.31 Å². The summed E-state index contributed by atoms with van der Waals surface area (Å²) in [6.45, 7) is 9.58. The van der Waals surface area contributed by atoms with Crippen LogP contribution in [0, 0.1) is 5.92 Å². The Morgan fingerprint density at radius 2 is 1.62 bits per heavy atom. The lowest BCUT2D eigenvalue weighted by Crippen LogP contribution is -2.36. The predicted octanol–water partition coefficient (Wildman–Crippen LogP) is 2.87. The lowest BCUT2D eigenvalue weighted by atomic mass is 10.2. The van der Waals surface area contributed by atoms with Crippen LogP contribution in [0.1, 0.15) is 53.4 Å². The first-order chi connectivity index (χ1) is 7.44. The first kappa shape index (κ1) is 15.9. The van der Waals surface area contributed by atoms with Crippen LogP contribution in [-0.2, 0) is 10.0 Å². The summed E-state index contributed by atoms with van der Waals surface area (Å²) in [6, 6.07) is 0. The summed E-state index contributed by atoms with van der Waals surface area (Å²) >= 11 is 0. The van der Waals surface area contributed by atoms with Gasteiger partial charge in [-0.15, -0.1) is 0 Å². The van der Waals surface area contributed by atoms with Crippen LogP contribution in [0.2, 0.25) is 0 Å². The third-order valence-corrected chi connectivity index (χ3v) is 4.40. The Labute approximate surface area is 101 Å². The number of hydrogen-bond acceptors (Lipinski definition) is 2. The molecule has 0 aromatic heterocycles. The van der Waals surface area contributed by atoms with Crippen molar-refractivity contribution < 1.29 is 8.42 Å². The number of sulfonamides is 1. The molecule has 0 fully saturated rings. The summed E-state index contributed by atoms with van der Waals surface area (Å²) in [5.41, 5.74) is 0. The number of nitrogens with zero attached hydrogens (tertiary/aromatic N) is 1. The van der Waals surface area contributed by atoms with E-state index in [2.05, 4.69) is 20.8 Å². The molecule has 0 spiro atoms. The molecule has 0 aliphatic carbocycles. The molecule has 0 aromatic carbocycles. The van der Waals surface area contributed by atoms with Crippen LogP contribution in [0.5, 0.6) is 0 Å². The minimum absolute atomic E-state index is 0.305. The van der Waals surface area contributed by atoms with Gasteiger partial charge in [-0.3, -0.25) is 0 Å². The predicted molar refractivity (Wildman–Crippen MR) is 70.0 cm³/mol. The molecular weight excluding hydrogens is 222 g/mol. The number of rotatable bonds is 9. The van der Waals surface area contributed by atoms with Crippen molar-refractivity contribution in [1.82, 2.24) is 4.31 Å². The summed E-state index contributed by atoms with van der Waals surface area (Å²) in [5.74, 6) is 0.702. The van der Waals surface area contributed by atoms with Crippen molar-refractivity contribution in [2.45, 2.75) is 53.4 Å². The molecule has 0 saturated carbocycles. The van der Waals surface area contributed by atoms with Gasteiger partial charge >= 0.3 is 0 Å². The Morgan fingerprint density at radius 1 is 1.06 bits per heavy atom. The van der Waals surface area contributed by atoms with Gasteiger partial charge in [0.15, 0.2) is 0 Å². The molecule has 0 saturated heterocycles. The van der Waals surface area contributed by atoms with Gasteiger partial charge in [-0.2, -0.15) is 0 Å². The fraction of sp³-hybridized carbons (Fsp3) is 1.00. The average Bonchev–Trinajstić information content (AvgIpc) is 2.20. The molecule has 98 valence electrons. The second kappa shape index (κ2) is 8.07. The van der Waals surface area contributed by atoms with Gasteiger partial charge in [0.2, 0.25) is 10.0 Å². The van der Waals surface area contributed by atoms with Crippen molar-refractivity contribution in [2.75, 3.05) is 18.8 Å². The molecule has 0 aromatic rings. The van der Waals surface area contributed by atoms with E-state index in [1.807, 2.05) is 6.92 Å². The molecule has 0 atom stereocenters. The second-order valence-electron chi connectivity index (χ2n) is 4.77. The van der Waals surface area contributed by atoms with Crippen molar-refractivity contribution in [3.05, 3.63) is 0 Å². The van der Waals surface area contributed by atoms with Gasteiger partial charge in [-0.1, -0.05) is 40.5 Å². The van der Waals surface area contributed by atoms with E-state index in [0.717, 1.165) is 25.7 Å². The molecule has 3 nitrogen and oxygen atoms in total. The number of unbranched alkanes of at least 4 members (excludes halogenated alkanes) is 2. The molecule has 16 heavy (non-hydrogen) atoms. The molecule has 4 heteroatoms. The van der Waals surface area contributed by atoms with Crippen LogP contribution < -0.4 is 0 Å². The quantitative estimate of drug-likeness (QED) is 0.630. The van der Waals surface area contributed by atoms with Crippen LogP contribution in [0.3, 0.4) is 0 Å². The minimum Gasteiger partial charge on any atom is -0.212 e. The smallest absolute Gasteiger partial charge is 0.212 e. The van der Waals surface area contributed by atoms with Gasteiger partial charge in [-0.05, 0) is 18.8 Å². The molecule has 0 bridgehead atoms. The minimum atomic E-state index is -3.02. The lowest BCUT2D eigenvalue weighted by Gasteiger charge is -2.23. The van der Waals surface area contributed by atoms with Gasteiger partial charge in [0.05, 0.1) is 5.75 Å². The maximum absolute atomic E-state index is 12.1. The Bertz CT molecular complexity index is 260. The summed E-state index contributed by atoms with van der Waals surface area (Å²) in [4.78, 5) is 0. The molecule has 0 aliphatic rings. The summed E-state index contributed by atoms with van der Waals surface area (Å²) in [6.07, 6.45) is 3.70. The van der Waals surface area contributed by atoms with E-state index in [1.165, 1.54) is 0 Å². The van der Waals surface area contributed by atoms with Crippen LogP contribution in [-0.4, -0.2) is 31.6 Å². The van der Waals surface area contributed by atoms with Crippen molar-refractivity contribution in [3.8, 4) is 0 Å². The van der Waals surface area contributed by atoms with E-state index in [-0.39, 0.29) is 0 Å². The summed E-state index contributed by atoms with van der Waals surface area (Å²) in [7, 11) is -3.02. The fourth-order valence-electron chi connectivity index (χ4n) is 1.54. The van der Waals surface area contributed by atoms with E-state index in [4.69, 9.17) is 0 Å². The van der Waals surface area contributed by atoms with Gasteiger partial charge in [0.25, 0.3) is 0 Å². The second-order valence-corrected chi connectivity index (χ2v) is 6.86. The van der Waals surface area contributed by atoms with Crippen molar-refractivity contribution in [3.63, 3.8) is 0 Å². The van der Waals surface area contributed by atoms with Crippen molar-refractivity contribution >= 4 is 10.0 Å². The maximum atomic E-state index is 12.1. The van der Waals surface area contributed by atoms with E-state index >= 15 is 0 Å². The average molecular weight is 249 g/mol. The largest absolute Gasteiger partial charge is 0.214 e. The topological polar surface area (TPSA) is 37.4 Å². The molecule has 0 radical (unpaired) electrons. The Hall–Kier alpha value is -0.0900. The molecule has 0 rings (SSSR count). The summed E-state index contributed by atoms with van der Waals surface area (Å²) < 4.78 is 25.8. The monoisotopic (exact) mass is 249 g/mol. The molecule has 0 aliphatic heterocycles. The molecule has 0 unspecified atom stereocenters. The van der Waals surface area contributed by atoms with Crippen LogP contribution in [0.25, 0.3) is 0 Å². The van der Waals surface area contributed by atoms with Crippen LogP contribution in [0.15, 0.2) is 0 Å². The molecular formula is C12H27NO2S. The Kier molecular flexibility index (Phi) is 8.02. The van der Waals surface area contributed by atoms with Crippen LogP contribution in [0.4, 0.5) is 0 Å². The zero-order valence-electron chi connectivity index (χ0n) is 11.2. The highest BCUT2D eigenvalue weighted by Gasteiger charge is 2.21. The first-order valence-corrected chi connectivity index (χ1v) is 8.02. The standard InChI is InChI=1S/C12H27NO2S/c1-5-7-9-13(11-12(3)4)16(14,15)10-8-6-2/h12H,5-11H2,1-4H3. The fourth-order valence-corrected chi connectivity index (χ4v) is 3.39. The third kappa shape index (κ3) is 6.48. The third-order valence-electron chi connectivity index (χ3n) is 2.48. The van der Waals surface area contributed by atoms with Gasteiger partial charge in [0.1, 0.15) is 0 Å². The zero-order valence-corrected chi connectivity index (χ0v) is 12.0. The SMILES string of the molecule is CCCCN(CC(C)C)S(=O)(=O)CCCC. The highest BCUT2D eigenvalue weighted by molar-refractivity contribution is 7.89. The zero-order chi connectivity index (χ0) is 12.6. The lowest BCUT2D eigenvalue weighted by molar-refractivity contribution is 0.361. The normalized spacial score (nSPS) is 12.6. The Morgan fingerprint density at radius 3 is 2.06 bits per heavy atom. The highest BCUT2D eigenvalue weighted by Crippen LogP contribution is 2.10. The van der Waals surface area contributed by atoms with Gasteiger partial charge in [-0.25, -0.2) is 12.7 Å². The maximum Gasteiger partial charge on any atom is 0.214 e. The van der Waals surface area contributed by atoms with Crippen molar-refractivity contribution in [2.24, 2.45) is 5.92 Å². The van der Waals surface area contributed by atoms with Gasteiger partial charge in [0, 0.05) is 13.1 Å².